The molecule has 1 aromatic carbocycles. The summed E-state index contributed by atoms with van der Waals surface area (Å²) in [7, 11) is 0. The zero-order valence-electron chi connectivity index (χ0n) is 16.7. The number of imidazole rings is 1. The van der Waals surface area contributed by atoms with Crippen molar-refractivity contribution in [2.24, 2.45) is 5.73 Å². The zero-order valence-corrected chi connectivity index (χ0v) is 18.3. The number of primary amides is 1. The molecule has 0 saturated heterocycles. The Kier molecular flexibility index (Phi) is 6.13. The van der Waals surface area contributed by atoms with Gasteiger partial charge in [-0.25, -0.2) is 4.98 Å². The van der Waals surface area contributed by atoms with Gasteiger partial charge in [-0.15, -0.1) is 11.3 Å². The number of nitrogens with zero attached hydrogens (tertiary/aromatic N) is 2. The smallest absolute Gasteiger partial charge is 0.262 e. The molecule has 7 nitrogen and oxygen atoms in total. The van der Waals surface area contributed by atoms with Crippen molar-refractivity contribution in [3.63, 3.8) is 0 Å². The lowest BCUT2D eigenvalue weighted by Gasteiger charge is -2.16. The van der Waals surface area contributed by atoms with Gasteiger partial charge in [0.05, 0.1) is 29.1 Å². The maximum Gasteiger partial charge on any atom is 0.262 e. The number of hydrogen-bond donors (Lipinski definition) is 3. The van der Waals surface area contributed by atoms with Crippen molar-refractivity contribution in [3.8, 4) is 16.3 Å². The summed E-state index contributed by atoms with van der Waals surface area (Å²) < 4.78 is 8.01. The fourth-order valence-corrected chi connectivity index (χ4v) is 4.53. The number of amides is 1. The lowest BCUT2D eigenvalue weighted by Crippen LogP contribution is -2.12. The van der Waals surface area contributed by atoms with Crippen molar-refractivity contribution < 1.29 is 14.6 Å². The predicted octanol–water partition coefficient (Wildman–Crippen LogP) is 4.36. The van der Waals surface area contributed by atoms with E-state index in [1.807, 2.05) is 47.9 Å². The number of pyridine rings is 1. The van der Waals surface area contributed by atoms with Crippen LogP contribution in [0.2, 0.25) is 5.02 Å². The van der Waals surface area contributed by atoms with Crippen molar-refractivity contribution in [3.05, 3.63) is 70.3 Å². The number of aliphatic hydroxyl groups excluding tert-OH is 1. The molecule has 0 radical (unpaired) electrons. The number of carbonyl (C=O) groups excluding carboxylic acids is 1. The average Bonchev–Trinajstić information content (AvgIpc) is 3.36. The van der Waals surface area contributed by atoms with Crippen molar-refractivity contribution >= 4 is 40.2 Å². The fraction of sp³-hybridized carbons (Fsp3) is 0.182. The SMILES string of the molecule is CC(Oc1cc(-c2cnc3ccc(NCCO)cn23)sc1C(N)=O)c1ccccc1Cl. The molecule has 160 valence electrons. The second kappa shape index (κ2) is 8.97. The highest BCUT2D eigenvalue weighted by Crippen LogP contribution is 2.39. The summed E-state index contributed by atoms with van der Waals surface area (Å²) in [5.74, 6) is -0.152. The standard InChI is InChI=1S/C22H21ClN4O3S/c1-13(15-4-2-3-5-16(15)23)30-18-10-19(31-21(18)22(24)29)17-11-26-20-7-6-14(12-27(17)20)25-8-9-28/h2-7,10-13,25,28H,8-9H2,1H3,(H2,24,29). The van der Waals surface area contributed by atoms with Gasteiger partial charge in [0, 0.05) is 29.4 Å². The first-order valence-corrected chi connectivity index (χ1v) is 10.8. The number of nitrogens with one attached hydrogen (secondary N) is 1. The minimum Gasteiger partial charge on any atom is -0.484 e. The van der Waals surface area contributed by atoms with Crippen LogP contribution in [0.4, 0.5) is 5.69 Å². The highest BCUT2D eigenvalue weighted by atomic mass is 35.5. The number of benzene rings is 1. The number of halogens is 1. The lowest BCUT2D eigenvalue weighted by molar-refractivity contribution is 0.0998. The van der Waals surface area contributed by atoms with Gasteiger partial charge in [0.1, 0.15) is 22.4 Å². The number of carbonyl (C=O) groups is 1. The molecule has 4 aromatic rings. The van der Waals surface area contributed by atoms with E-state index in [2.05, 4.69) is 10.3 Å². The number of aliphatic hydroxyl groups is 1. The zero-order chi connectivity index (χ0) is 22.0. The molecule has 4 rings (SSSR count). The largest absolute Gasteiger partial charge is 0.484 e. The quantitative estimate of drug-likeness (QED) is 0.365. The first kappa shape index (κ1) is 21.2. The molecule has 0 saturated carbocycles. The molecule has 3 aromatic heterocycles. The maximum atomic E-state index is 12.1. The number of hydrogen-bond acceptors (Lipinski definition) is 6. The Labute approximate surface area is 188 Å². The van der Waals surface area contributed by atoms with Crippen molar-refractivity contribution in [1.29, 1.82) is 0 Å². The summed E-state index contributed by atoms with van der Waals surface area (Å²) in [5, 5.41) is 12.8. The van der Waals surface area contributed by atoms with E-state index in [-0.39, 0.29) is 12.7 Å². The van der Waals surface area contributed by atoms with Crippen LogP contribution >= 0.6 is 22.9 Å². The minimum absolute atomic E-state index is 0.0338. The molecule has 0 aliphatic rings. The summed E-state index contributed by atoms with van der Waals surface area (Å²) in [5.41, 5.74) is 8.85. The van der Waals surface area contributed by atoms with Crippen LogP contribution in [0.15, 0.2) is 54.9 Å². The Morgan fingerprint density at radius 2 is 2.16 bits per heavy atom. The summed E-state index contributed by atoms with van der Waals surface area (Å²) in [6, 6.07) is 13.0. The number of nitrogens with two attached hydrogens (primary N) is 1. The van der Waals surface area contributed by atoms with E-state index in [9.17, 15) is 4.79 Å². The van der Waals surface area contributed by atoms with E-state index in [1.165, 1.54) is 11.3 Å². The first-order chi connectivity index (χ1) is 15.0. The highest BCUT2D eigenvalue weighted by Gasteiger charge is 2.21. The predicted molar refractivity (Wildman–Crippen MR) is 123 cm³/mol. The summed E-state index contributed by atoms with van der Waals surface area (Å²) >= 11 is 7.54. The number of ether oxygens (including phenoxy) is 1. The molecule has 1 amide bonds. The van der Waals surface area contributed by atoms with Crippen molar-refractivity contribution in [2.75, 3.05) is 18.5 Å². The number of anilines is 1. The van der Waals surface area contributed by atoms with Crippen LogP contribution in [-0.2, 0) is 0 Å². The molecular formula is C22H21ClN4O3S. The molecule has 0 bridgehead atoms. The number of aromatic nitrogens is 2. The van der Waals surface area contributed by atoms with Gasteiger partial charge in [0.15, 0.2) is 0 Å². The molecule has 0 fully saturated rings. The monoisotopic (exact) mass is 456 g/mol. The summed E-state index contributed by atoms with van der Waals surface area (Å²) in [6.45, 7) is 2.35. The van der Waals surface area contributed by atoms with Crippen LogP contribution < -0.4 is 15.8 Å². The third kappa shape index (κ3) is 4.36. The van der Waals surface area contributed by atoms with E-state index in [4.69, 9.17) is 27.2 Å². The van der Waals surface area contributed by atoms with Crippen molar-refractivity contribution in [2.45, 2.75) is 13.0 Å². The van der Waals surface area contributed by atoms with Gasteiger partial charge in [-0.05, 0) is 25.1 Å². The van der Waals surface area contributed by atoms with Crippen LogP contribution in [0.1, 0.15) is 28.3 Å². The molecule has 0 aliphatic heterocycles. The van der Waals surface area contributed by atoms with E-state index in [0.29, 0.717) is 22.2 Å². The van der Waals surface area contributed by atoms with Crippen LogP contribution in [-0.4, -0.2) is 33.6 Å². The third-order valence-corrected chi connectivity index (χ3v) is 6.27. The van der Waals surface area contributed by atoms with E-state index in [0.717, 1.165) is 27.5 Å². The Morgan fingerprint density at radius 1 is 1.35 bits per heavy atom. The second-order valence-corrected chi connectivity index (χ2v) is 8.35. The molecule has 31 heavy (non-hydrogen) atoms. The number of thiophene rings is 1. The molecule has 9 heteroatoms. The van der Waals surface area contributed by atoms with Gasteiger partial charge in [0.2, 0.25) is 0 Å². The highest BCUT2D eigenvalue weighted by molar-refractivity contribution is 7.17. The second-order valence-electron chi connectivity index (χ2n) is 6.89. The van der Waals surface area contributed by atoms with Gasteiger partial charge in [-0.1, -0.05) is 29.8 Å². The Morgan fingerprint density at radius 3 is 2.90 bits per heavy atom. The number of fused-ring (bicyclic) bond motifs is 1. The van der Waals surface area contributed by atoms with Gasteiger partial charge < -0.3 is 20.9 Å². The average molecular weight is 457 g/mol. The van der Waals surface area contributed by atoms with Gasteiger partial charge >= 0.3 is 0 Å². The molecule has 0 aliphatic carbocycles. The van der Waals surface area contributed by atoms with E-state index in [1.54, 1.807) is 18.3 Å². The van der Waals surface area contributed by atoms with Crippen LogP contribution in [0.5, 0.6) is 5.75 Å². The molecule has 4 N–H and O–H groups in total. The van der Waals surface area contributed by atoms with Gasteiger partial charge in [-0.2, -0.15) is 0 Å². The van der Waals surface area contributed by atoms with E-state index >= 15 is 0 Å². The molecule has 3 heterocycles. The topological polar surface area (TPSA) is 102 Å². The Hall–Kier alpha value is -3.07. The lowest BCUT2D eigenvalue weighted by atomic mass is 10.1. The van der Waals surface area contributed by atoms with E-state index < -0.39 is 5.91 Å². The molecule has 1 unspecified atom stereocenters. The third-order valence-electron chi connectivity index (χ3n) is 4.77. The fourth-order valence-electron chi connectivity index (χ4n) is 3.29. The maximum absolute atomic E-state index is 12.1. The number of rotatable bonds is 8. The molecule has 1 atom stereocenters. The van der Waals surface area contributed by atoms with Crippen LogP contribution in [0.3, 0.4) is 0 Å². The normalized spacial score (nSPS) is 12.1. The van der Waals surface area contributed by atoms with Gasteiger partial charge in [-0.3, -0.25) is 9.20 Å². The summed E-state index contributed by atoms with van der Waals surface area (Å²) in [6.07, 6.45) is 3.26. The Bertz CT molecular complexity index is 1240. The molecular weight excluding hydrogens is 436 g/mol. The van der Waals surface area contributed by atoms with Crippen LogP contribution in [0, 0.1) is 0 Å². The summed E-state index contributed by atoms with van der Waals surface area (Å²) in [4.78, 5) is 17.7. The molecule has 0 spiro atoms. The van der Waals surface area contributed by atoms with Gasteiger partial charge in [0.25, 0.3) is 5.91 Å². The Balaban J connectivity index is 1.70. The minimum atomic E-state index is -0.559. The van der Waals surface area contributed by atoms with Crippen molar-refractivity contribution in [1.82, 2.24) is 9.38 Å². The first-order valence-electron chi connectivity index (χ1n) is 9.65. The van der Waals surface area contributed by atoms with Crippen LogP contribution in [0.25, 0.3) is 16.2 Å².